The van der Waals surface area contributed by atoms with E-state index in [2.05, 4.69) is 20.6 Å². The van der Waals surface area contributed by atoms with Crippen molar-refractivity contribution in [2.24, 2.45) is 5.41 Å². The molecular formula is C15H21ClN4O2. The van der Waals surface area contributed by atoms with E-state index in [1.54, 1.807) is 7.11 Å². The molecule has 1 fully saturated rings. The number of hydrogen-bond acceptors (Lipinski definition) is 4. The molecule has 1 unspecified atom stereocenters. The van der Waals surface area contributed by atoms with Crippen LogP contribution < -0.4 is 10.6 Å². The number of ether oxygens (including phenoxy) is 1. The summed E-state index contributed by atoms with van der Waals surface area (Å²) in [5.41, 5.74) is 2.13. The lowest BCUT2D eigenvalue weighted by molar-refractivity contribution is -0.127. The van der Waals surface area contributed by atoms with Gasteiger partial charge in [0.2, 0.25) is 5.91 Å². The molecule has 22 heavy (non-hydrogen) atoms. The van der Waals surface area contributed by atoms with Crippen molar-refractivity contribution in [2.75, 3.05) is 32.1 Å². The zero-order valence-corrected chi connectivity index (χ0v) is 13.5. The summed E-state index contributed by atoms with van der Waals surface area (Å²) in [5, 5.41) is 6.24. The van der Waals surface area contributed by atoms with E-state index in [-0.39, 0.29) is 18.3 Å². The highest BCUT2D eigenvalue weighted by Crippen LogP contribution is 2.28. The van der Waals surface area contributed by atoms with E-state index in [0.717, 1.165) is 35.5 Å². The number of imidazole rings is 1. The van der Waals surface area contributed by atoms with Crippen molar-refractivity contribution in [3.8, 4) is 0 Å². The van der Waals surface area contributed by atoms with Gasteiger partial charge < -0.3 is 20.4 Å². The Morgan fingerprint density at radius 2 is 2.32 bits per heavy atom. The molecular weight excluding hydrogens is 304 g/mol. The maximum absolute atomic E-state index is 12.6. The van der Waals surface area contributed by atoms with Crippen molar-refractivity contribution in [3.05, 3.63) is 24.0 Å². The maximum atomic E-state index is 12.6. The van der Waals surface area contributed by atoms with Crippen LogP contribution >= 0.6 is 12.4 Å². The molecule has 1 saturated heterocycles. The predicted molar refractivity (Wildman–Crippen MR) is 88.5 cm³/mol. The fourth-order valence-corrected chi connectivity index (χ4v) is 2.88. The van der Waals surface area contributed by atoms with Crippen molar-refractivity contribution in [1.29, 1.82) is 0 Å². The quantitative estimate of drug-likeness (QED) is 0.802. The molecule has 1 aromatic heterocycles. The third-order valence-electron chi connectivity index (χ3n) is 4.00. The van der Waals surface area contributed by atoms with Crippen LogP contribution in [-0.2, 0) is 9.53 Å². The molecule has 0 radical (unpaired) electrons. The second-order valence-electron chi connectivity index (χ2n) is 5.65. The Morgan fingerprint density at radius 1 is 1.50 bits per heavy atom. The van der Waals surface area contributed by atoms with Crippen LogP contribution in [0.5, 0.6) is 0 Å². The lowest BCUT2D eigenvalue weighted by atomic mass is 9.87. The number of carbonyl (C=O) groups excluding carboxylic acids is 1. The topological polar surface area (TPSA) is 79.0 Å². The van der Waals surface area contributed by atoms with Crippen LogP contribution in [-0.4, -0.2) is 42.7 Å². The van der Waals surface area contributed by atoms with Gasteiger partial charge in [-0.25, -0.2) is 4.98 Å². The van der Waals surface area contributed by atoms with Crippen LogP contribution in [0, 0.1) is 12.3 Å². The van der Waals surface area contributed by atoms with E-state index in [4.69, 9.17) is 4.74 Å². The lowest BCUT2D eigenvalue weighted by Gasteiger charge is -2.25. The van der Waals surface area contributed by atoms with Crippen LogP contribution in [0.1, 0.15) is 12.2 Å². The lowest BCUT2D eigenvalue weighted by Crippen LogP contribution is -2.41. The van der Waals surface area contributed by atoms with Crippen molar-refractivity contribution < 1.29 is 9.53 Å². The first-order valence-corrected chi connectivity index (χ1v) is 7.10. The molecule has 1 atom stereocenters. The number of fused-ring (bicyclic) bond motifs is 1. The smallest absolute Gasteiger partial charge is 0.234 e. The molecule has 0 aliphatic carbocycles. The fraction of sp³-hybridized carbons (Fsp3) is 0.467. The van der Waals surface area contributed by atoms with Gasteiger partial charge in [0.1, 0.15) is 5.82 Å². The Balaban J connectivity index is 0.00000176. The first kappa shape index (κ1) is 16.7. The Morgan fingerprint density at radius 3 is 3.00 bits per heavy atom. The molecule has 1 amide bonds. The third-order valence-corrected chi connectivity index (χ3v) is 4.00. The first-order valence-electron chi connectivity index (χ1n) is 7.10. The van der Waals surface area contributed by atoms with Crippen LogP contribution in [0.2, 0.25) is 0 Å². The maximum Gasteiger partial charge on any atom is 0.234 e. The number of halogens is 1. The van der Waals surface area contributed by atoms with Crippen LogP contribution in [0.15, 0.2) is 18.2 Å². The van der Waals surface area contributed by atoms with E-state index in [9.17, 15) is 4.79 Å². The zero-order chi connectivity index (χ0) is 14.9. The first-order chi connectivity index (χ1) is 10.1. The van der Waals surface area contributed by atoms with E-state index in [1.165, 1.54) is 0 Å². The molecule has 3 rings (SSSR count). The van der Waals surface area contributed by atoms with Gasteiger partial charge in [-0.3, -0.25) is 4.79 Å². The van der Waals surface area contributed by atoms with Gasteiger partial charge in [0.25, 0.3) is 0 Å². The summed E-state index contributed by atoms with van der Waals surface area (Å²) in [6.45, 7) is 3.83. The molecule has 0 spiro atoms. The number of aryl methyl sites for hydroxylation is 1. The van der Waals surface area contributed by atoms with Gasteiger partial charge in [0, 0.05) is 19.3 Å². The van der Waals surface area contributed by atoms with E-state index in [0.29, 0.717) is 13.2 Å². The fourth-order valence-electron chi connectivity index (χ4n) is 2.88. The van der Waals surface area contributed by atoms with Crippen molar-refractivity contribution in [1.82, 2.24) is 15.3 Å². The molecule has 6 nitrogen and oxygen atoms in total. The number of benzene rings is 1. The molecule has 1 aliphatic rings. The van der Waals surface area contributed by atoms with Gasteiger partial charge in [-0.15, -0.1) is 12.4 Å². The summed E-state index contributed by atoms with van der Waals surface area (Å²) in [6, 6.07) is 5.70. The molecule has 3 N–H and O–H groups in total. The SMILES string of the molecule is COCC1(C(=O)Nc2ccc3nc(C)[nH]c3c2)CCNC1.Cl. The highest BCUT2D eigenvalue weighted by atomic mass is 35.5. The van der Waals surface area contributed by atoms with Crippen LogP contribution in [0.25, 0.3) is 11.0 Å². The number of aromatic nitrogens is 2. The van der Waals surface area contributed by atoms with E-state index in [1.807, 2.05) is 25.1 Å². The van der Waals surface area contributed by atoms with Crippen LogP contribution in [0.4, 0.5) is 5.69 Å². The summed E-state index contributed by atoms with van der Waals surface area (Å²) in [5.74, 6) is 0.870. The highest BCUT2D eigenvalue weighted by molar-refractivity contribution is 5.97. The minimum absolute atomic E-state index is 0. The van der Waals surface area contributed by atoms with Gasteiger partial charge >= 0.3 is 0 Å². The van der Waals surface area contributed by atoms with Gasteiger partial charge in [-0.05, 0) is 38.1 Å². The Hall–Kier alpha value is -1.63. The van der Waals surface area contributed by atoms with Crippen LogP contribution in [0.3, 0.4) is 0 Å². The van der Waals surface area contributed by atoms with Crippen molar-refractivity contribution in [2.45, 2.75) is 13.3 Å². The number of hydrogen-bond donors (Lipinski definition) is 3. The average Bonchev–Trinajstić information content (AvgIpc) is 3.05. The molecule has 0 bridgehead atoms. The summed E-state index contributed by atoms with van der Waals surface area (Å²) < 4.78 is 5.24. The summed E-state index contributed by atoms with van der Waals surface area (Å²) in [7, 11) is 1.63. The monoisotopic (exact) mass is 324 g/mol. The van der Waals surface area contributed by atoms with Crippen molar-refractivity contribution >= 4 is 35.0 Å². The molecule has 120 valence electrons. The number of methoxy groups -OCH3 is 1. The predicted octanol–water partition coefficient (Wildman–Crippen LogP) is 1.86. The number of H-pyrrole nitrogens is 1. The van der Waals surface area contributed by atoms with E-state index >= 15 is 0 Å². The molecule has 0 saturated carbocycles. The largest absolute Gasteiger partial charge is 0.384 e. The molecule has 2 aromatic rings. The Kier molecular flexibility index (Phi) is 5.05. The second kappa shape index (κ2) is 6.64. The Bertz CT molecular complexity index is 665. The number of rotatable bonds is 4. The second-order valence-corrected chi connectivity index (χ2v) is 5.65. The number of nitrogens with one attached hydrogen (secondary N) is 3. The molecule has 1 aromatic carbocycles. The van der Waals surface area contributed by atoms with Gasteiger partial charge in [-0.1, -0.05) is 0 Å². The van der Waals surface area contributed by atoms with Crippen molar-refractivity contribution in [3.63, 3.8) is 0 Å². The highest BCUT2D eigenvalue weighted by Gasteiger charge is 2.41. The van der Waals surface area contributed by atoms with Gasteiger partial charge in [0.15, 0.2) is 0 Å². The van der Waals surface area contributed by atoms with Gasteiger partial charge in [-0.2, -0.15) is 0 Å². The molecule has 1 aliphatic heterocycles. The minimum Gasteiger partial charge on any atom is -0.384 e. The molecule has 7 heteroatoms. The number of carbonyl (C=O) groups is 1. The normalized spacial score (nSPS) is 20.8. The minimum atomic E-state index is -0.479. The molecule has 2 heterocycles. The Labute approximate surface area is 135 Å². The third kappa shape index (κ3) is 3.09. The number of nitrogens with zero attached hydrogens (tertiary/aromatic N) is 1. The summed E-state index contributed by atoms with van der Waals surface area (Å²) in [6.07, 6.45) is 0.790. The summed E-state index contributed by atoms with van der Waals surface area (Å²) >= 11 is 0. The zero-order valence-electron chi connectivity index (χ0n) is 12.7. The standard InChI is InChI=1S/C15H20N4O2.ClH/c1-10-17-12-4-3-11(7-13(12)18-10)19-14(20)15(9-21-2)5-6-16-8-15;/h3-4,7,16H,5-6,8-9H2,1-2H3,(H,17,18)(H,19,20);1H. The van der Waals surface area contributed by atoms with Gasteiger partial charge in [0.05, 0.1) is 23.1 Å². The number of amides is 1. The number of aromatic amines is 1. The number of anilines is 1. The van der Waals surface area contributed by atoms with E-state index < -0.39 is 5.41 Å². The summed E-state index contributed by atoms with van der Waals surface area (Å²) in [4.78, 5) is 20.1. The average molecular weight is 325 g/mol.